The average Bonchev–Trinajstić information content (AvgIpc) is 2.91. The molecule has 1 aliphatic heterocycles. The first kappa shape index (κ1) is 36.6. The van der Waals surface area contributed by atoms with Gasteiger partial charge in [0.25, 0.3) is 0 Å². The number of aliphatic hydroxyl groups is 4. The lowest BCUT2D eigenvalue weighted by Gasteiger charge is -2.36. The number of cyclic esters (lactones) is 1. The van der Waals surface area contributed by atoms with E-state index in [1.54, 1.807) is 38.2 Å². The highest BCUT2D eigenvalue weighted by molar-refractivity contribution is 5.73. The van der Waals surface area contributed by atoms with Crippen LogP contribution in [0.3, 0.4) is 0 Å². The summed E-state index contributed by atoms with van der Waals surface area (Å²) in [5.74, 6) is -2.30. The van der Waals surface area contributed by atoms with E-state index in [0.29, 0.717) is 12.8 Å². The van der Waals surface area contributed by atoms with Crippen LogP contribution in [0.1, 0.15) is 67.7 Å². The van der Waals surface area contributed by atoms with Gasteiger partial charge in [0.2, 0.25) is 0 Å². The van der Waals surface area contributed by atoms with Crippen LogP contribution in [0.25, 0.3) is 0 Å². The fourth-order valence-corrected chi connectivity index (χ4v) is 5.46. The first-order chi connectivity index (χ1) is 19.1. The highest BCUT2D eigenvalue weighted by atomic mass is 16.6. The van der Waals surface area contributed by atoms with Crippen molar-refractivity contribution in [3.05, 3.63) is 48.6 Å². The van der Waals surface area contributed by atoms with Gasteiger partial charge in [0, 0.05) is 36.5 Å². The van der Waals surface area contributed by atoms with Crippen LogP contribution in [0.2, 0.25) is 0 Å². The van der Waals surface area contributed by atoms with Gasteiger partial charge in [-0.2, -0.15) is 0 Å². The molecular weight excluding hydrogens is 526 g/mol. The largest absolute Gasteiger partial charge is 0.462 e. The van der Waals surface area contributed by atoms with Crippen LogP contribution in [0, 0.1) is 35.5 Å². The van der Waals surface area contributed by atoms with Gasteiger partial charge in [0.15, 0.2) is 0 Å². The molecule has 234 valence electrons. The van der Waals surface area contributed by atoms with Crippen LogP contribution in [-0.4, -0.2) is 69.1 Å². The third kappa shape index (κ3) is 11.7. The van der Waals surface area contributed by atoms with Crippen molar-refractivity contribution in [3.8, 4) is 0 Å². The summed E-state index contributed by atoms with van der Waals surface area (Å²) in [5, 5.41) is 42.6. The standard InChI is InChI=1S/C32H53NO8/c1-9-10-11-12-26(41-32(33)39)22(6)29(36)21(5)16-18(2)15-20(4)28(35)19(3)13-14-25(34)17-27-23(7)30(37)24(8)31(38)40-27/h9-11,13-15,19-30,34-37H,1,12,16-17H2,2-8H3,(H2,33,39)/b11-10-,14-13-,18-15-/t19-,20-,21-,22+,23-,24+,25+,26-,27-,28-,29+,30-/m0/s1. The maximum Gasteiger partial charge on any atom is 0.404 e. The van der Waals surface area contributed by atoms with E-state index in [-0.39, 0.29) is 36.0 Å². The van der Waals surface area contributed by atoms with Crippen molar-refractivity contribution in [3.63, 3.8) is 0 Å². The molecule has 1 amide bonds. The average molecular weight is 580 g/mol. The minimum atomic E-state index is -0.892. The predicted octanol–water partition coefficient (Wildman–Crippen LogP) is 4.05. The van der Waals surface area contributed by atoms with Gasteiger partial charge in [0.05, 0.1) is 30.3 Å². The number of hydrogen-bond acceptors (Lipinski definition) is 8. The second kappa shape index (κ2) is 17.5. The van der Waals surface area contributed by atoms with E-state index in [1.165, 1.54) is 0 Å². The van der Waals surface area contributed by atoms with Crippen molar-refractivity contribution in [2.75, 3.05) is 0 Å². The van der Waals surface area contributed by atoms with E-state index >= 15 is 0 Å². The molecule has 9 nitrogen and oxygen atoms in total. The molecule has 0 aromatic carbocycles. The Balaban J connectivity index is 2.72. The number of aliphatic hydroxyl groups excluding tert-OH is 4. The lowest BCUT2D eigenvalue weighted by atomic mass is 9.83. The quantitative estimate of drug-likeness (QED) is 0.104. The second-order valence-corrected chi connectivity index (χ2v) is 11.9. The summed E-state index contributed by atoms with van der Waals surface area (Å²) < 4.78 is 10.6. The highest BCUT2D eigenvalue weighted by Crippen LogP contribution is 2.30. The van der Waals surface area contributed by atoms with Gasteiger partial charge in [0.1, 0.15) is 12.2 Å². The number of nitrogens with two attached hydrogens (primary N) is 1. The molecule has 0 radical (unpaired) electrons. The van der Waals surface area contributed by atoms with E-state index in [0.717, 1.165) is 5.57 Å². The normalized spacial score (nSPS) is 27.9. The maximum absolute atomic E-state index is 12.0. The van der Waals surface area contributed by atoms with Gasteiger partial charge in [-0.3, -0.25) is 4.79 Å². The summed E-state index contributed by atoms with van der Waals surface area (Å²) in [7, 11) is 0. The Bertz CT molecular complexity index is 931. The number of allylic oxidation sites excluding steroid dienone is 3. The Kier molecular flexibility index (Phi) is 15.6. The van der Waals surface area contributed by atoms with Crippen molar-refractivity contribution in [1.29, 1.82) is 0 Å². The van der Waals surface area contributed by atoms with E-state index in [4.69, 9.17) is 15.2 Å². The number of primary amides is 1. The second-order valence-electron chi connectivity index (χ2n) is 11.9. The fourth-order valence-electron chi connectivity index (χ4n) is 5.46. The minimum Gasteiger partial charge on any atom is -0.462 e. The molecule has 0 aromatic heterocycles. The number of carbonyl (C=O) groups excluding carboxylic acids is 2. The molecule has 41 heavy (non-hydrogen) atoms. The lowest BCUT2D eigenvalue weighted by Crippen LogP contribution is -2.47. The molecule has 1 fully saturated rings. The van der Waals surface area contributed by atoms with E-state index < -0.39 is 54.6 Å². The van der Waals surface area contributed by atoms with E-state index in [9.17, 15) is 30.0 Å². The number of hydrogen-bond donors (Lipinski definition) is 5. The molecule has 1 saturated heterocycles. The fraction of sp³-hybridized carbons (Fsp3) is 0.688. The first-order valence-electron chi connectivity index (χ1n) is 14.6. The molecule has 9 heteroatoms. The van der Waals surface area contributed by atoms with Crippen LogP contribution in [0.5, 0.6) is 0 Å². The third-order valence-electron chi connectivity index (χ3n) is 8.27. The molecule has 1 aliphatic rings. The Morgan fingerprint density at radius 1 is 1.10 bits per heavy atom. The van der Waals surface area contributed by atoms with Gasteiger partial charge in [-0.15, -0.1) is 0 Å². The number of amides is 1. The molecule has 12 atom stereocenters. The third-order valence-corrected chi connectivity index (χ3v) is 8.27. The maximum atomic E-state index is 12.0. The molecule has 1 heterocycles. The molecule has 0 unspecified atom stereocenters. The first-order valence-corrected chi connectivity index (χ1v) is 14.6. The number of carbonyl (C=O) groups is 2. The summed E-state index contributed by atoms with van der Waals surface area (Å²) in [6.07, 6.45) is 6.44. The smallest absolute Gasteiger partial charge is 0.404 e. The van der Waals surface area contributed by atoms with Crippen molar-refractivity contribution < 1.29 is 39.5 Å². The molecule has 6 N–H and O–H groups in total. The summed E-state index contributed by atoms with van der Waals surface area (Å²) in [6, 6.07) is 0. The van der Waals surface area contributed by atoms with Crippen molar-refractivity contribution in [2.24, 2.45) is 41.2 Å². The zero-order chi connectivity index (χ0) is 31.4. The van der Waals surface area contributed by atoms with Gasteiger partial charge in [-0.1, -0.05) is 83.2 Å². The van der Waals surface area contributed by atoms with Crippen LogP contribution < -0.4 is 5.73 Å². The minimum absolute atomic E-state index is 0.141. The Hall–Kier alpha value is -2.46. The van der Waals surface area contributed by atoms with Gasteiger partial charge < -0.3 is 35.6 Å². The summed E-state index contributed by atoms with van der Waals surface area (Å²) >= 11 is 0. The van der Waals surface area contributed by atoms with Crippen LogP contribution in [0.15, 0.2) is 48.6 Å². The summed E-state index contributed by atoms with van der Waals surface area (Å²) in [5.41, 5.74) is 6.24. The monoisotopic (exact) mass is 579 g/mol. The molecular formula is C32H53NO8. The van der Waals surface area contributed by atoms with Gasteiger partial charge >= 0.3 is 12.1 Å². The summed E-state index contributed by atoms with van der Waals surface area (Å²) in [6.45, 7) is 16.5. The van der Waals surface area contributed by atoms with Crippen LogP contribution in [-0.2, 0) is 14.3 Å². The van der Waals surface area contributed by atoms with Crippen molar-refractivity contribution in [1.82, 2.24) is 0 Å². The lowest BCUT2D eigenvalue weighted by molar-refractivity contribution is -0.179. The molecule has 0 aliphatic carbocycles. The Morgan fingerprint density at radius 2 is 1.73 bits per heavy atom. The van der Waals surface area contributed by atoms with E-state index in [1.807, 2.05) is 46.8 Å². The van der Waals surface area contributed by atoms with Crippen molar-refractivity contribution >= 4 is 12.1 Å². The molecule has 0 spiro atoms. The number of rotatable bonds is 16. The van der Waals surface area contributed by atoms with Crippen LogP contribution in [0.4, 0.5) is 4.79 Å². The topological polar surface area (TPSA) is 160 Å². The number of ether oxygens (including phenoxy) is 2. The zero-order valence-corrected chi connectivity index (χ0v) is 25.7. The van der Waals surface area contributed by atoms with Crippen LogP contribution >= 0.6 is 0 Å². The molecule has 0 bridgehead atoms. The zero-order valence-electron chi connectivity index (χ0n) is 25.7. The van der Waals surface area contributed by atoms with Gasteiger partial charge in [-0.25, -0.2) is 4.79 Å². The predicted molar refractivity (Wildman–Crippen MR) is 159 cm³/mol. The van der Waals surface area contributed by atoms with Crippen molar-refractivity contribution in [2.45, 2.75) is 104 Å². The Labute approximate surface area is 245 Å². The molecule has 0 aromatic rings. The van der Waals surface area contributed by atoms with E-state index in [2.05, 4.69) is 6.58 Å². The SMILES string of the molecule is C=C/C=C\C[C@H](OC(N)=O)[C@@H](C)[C@H](O)[C@@H](C)C/C(C)=C\[C@H](C)[C@@H](O)[C@@H](C)/C=C\[C@@H](O)C[C@@H]1OC(=O)[C@H](C)[C@@H](O)[C@H]1C. The molecule has 0 saturated carbocycles. The highest BCUT2D eigenvalue weighted by Gasteiger charge is 2.40. The number of esters is 1. The molecule has 1 rings (SSSR count). The Morgan fingerprint density at radius 3 is 2.32 bits per heavy atom. The van der Waals surface area contributed by atoms with Gasteiger partial charge in [-0.05, 0) is 26.2 Å². The summed E-state index contributed by atoms with van der Waals surface area (Å²) in [4.78, 5) is 23.3.